The van der Waals surface area contributed by atoms with Crippen molar-refractivity contribution in [1.29, 1.82) is 0 Å². The zero-order valence-electron chi connectivity index (χ0n) is 11.4. The van der Waals surface area contributed by atoms with Gasteiger partial charge in [-0.2, -0.15) is 0 Å². The van der Waals surface area contributed by atoms with E-state index >= 15 is 0 Å². The molecule has 0 aromatic heterocycles. The summed E-state index contributed by atoms with van der Waals surface area (Å²) in [5.74, 6) is 1.42. The Kier molecular flexibility index (Phi) is 7.19. The highest BCUT2D eigenvalue weighted by atomic mass is 79.9. The molecule has 21 heavy (non-hydrogen) atoms. The van der Waals surface area contributed by atoms with E-state index < -0.39 is 0 Å². The minimum atomic E-state index is 0.0802. The van der Waals surface area contributed by atoms with Gasteiger partial charge in [0.1, 0.15) is 0 Å². The molecule has 0 saturated carbocycles. The molecule has 0 bridgehead atoms. The van der Waals surface area contributed by atoms with E-state index in [1.54, 1.807) is 23.5 Å². The highest BCUT2D eigenvalue weighted by molar-refractivity contribution is 9.10. The molecule has 0 fully saturated rings. The first-order valence-electron chi connectivity index (χ1n) is 6.57. The van der Waals surface area contributed by atoms with E-state index in [4.69, 9.17) is 0 Å². The Labute approximate surface area is 142 Å². The Hall–Kier alpha value is -0.910. The predicted octanol–water partition coefficient (Wildman–Crippen LogP) is 4.45. The van der Waals surface area contributed by atoms with Gasteiger partial charge < -0.3 is 5.32 Å². The standard InChI is InChI=1S/C16H16BrNOS2/c17-13-6-8-15(9-7-13)21-12-16(19)18-10-11-20-14-4-2-1-3-5-14/h1-9H,10-12H2,(H,18,19). The lowest BCUT2D eigenvalue weighted by molar-refractivity contribution is -0.118. The lowest BCUT2D eigenvalue weighted by Gasteiger charge is -2.05. The Morgan fingerprint density at radius 2 is 1.62 bits per heavy atom. The van der Waals surface area contributed by atoms with Gasteiger partial charge in [0.25, 0.3) is 0 Å². The van der Waals surface area contributed by atoms with Gasteiger partial charge in [-0.3, -0.25) is 4.79 Å². The summed E-state index contributed by atoms with van der Waals surface area (Å²) in [7, 11) is 0. The van der Waals surface area contributed by atoms with Gasteiger partial charge in [0.2, 0.25) is 5.91 Å². The molecule has 110 valence electrons. The van der Waals surface area contributed by atoms with Crippen LogP contribution in [0.25, 0.3) is 0 Å². The van der Waals surface area contributed by atoms with E-state index in [1.807, 2.05) is 42.5 Å². The maximum absolute atomic E-state index is 11.7. The number of amides is 1. The number of thioether (sulfide) groups is 2. The molecule has 0 aliphatic carbocycles. The summed E-state index contributed by atoms with van der Waals surface area (Å²) in [4.78, 5) is 14.1. The summed E-state index contributed by atoms with van der Waals surface area (Å²) in [6, 6.07) is 18.2. The van der Waals surface area contributed by atoms with Crippen molar-refractivity contribution >= 4 is 45.4 Å². The van der Waals surface area contributed by atoms with Crippen molar-refractivity contribution in [3.05, 3.63) is 59.1 Å². The van der Waals surface area contributed by atoms with Gasteiger partial charge in [-0.25, -0.2) is 0 Å². The summed E-state index contributed by atoms with van der Waals surface area (Å²) >= 11 is 6.70. The minimum absolute atomic E-state index is 0.0802. The molecule has 2 nitrogen and oxygen atoms in total. The van der Waals surface area contributed by atoms with E-state index in [2.05, 4.69) is 33.4 Å². The lowest BCUT2D eigenvalue weighted by Crippen LogP contribution is -2.27. The van der Waals surface area contributed by atoms with Crippen molar-refractivity contribution in [3.8, 4) is 0 Å². The Morgan fingerprint density at radius 1 is 0.952 bits per heavy atom. The minimum Gasteiger partial charge on any atom is -0.355 e. The third-order valence-electron chi connectivity index (χ3n) is 2.62. The number of rotatable bonds is 7. The zero-order chi connectivity index (χ0) is 14.9. The van der Waals surface area contributed by atoms with Crippen LogP contribution < -0.4 is 5.32 Å². The molecule has 1 N–H and O–H groups in total. The first-order chi connectivity index (χ1) is 10.2. The number of halogens is 1. The molecule has 0 spiro atoms. The van der Waals surface area contributed by atoms with E-state index in [1.165, 1.54) is 4.90 Å². The molecule has 0 heterocycles. The second-order valence-corrected chi connectivity index (χ2v) is 7.39. The molecule has 2 aromatic carbocycles. The van der Waals surface area contributed by atoms with Crippen LogP contribution in [0.5, 0.6) is 0 Å². The van der Waals surface area contributed by atoms with Gasteiger partial charge >= 0.3 is 0 Å². The quantitative estimate of drug-likeness (QED) is 0.567. The van der Waals surface area contributed by atoms with E-state index in [9.17, 15) is 4.79 Å². The van der Waals surface area contributed by atoms with Crippen LogP contribution in [0.4, 0.5) is 0 Å². The summed E-state index contributed by atoms with van der Waals surface area (Å²) in [5.41, 5.74) is 0. The SMILES string of the molecule is O=C(CSc1ccc(Br)cc1)NCCSc1ccccc1. The van der Waals surface area contributed by atoms with Gasteiger partial charge in [0, 0.05) is 26.6 Å². The average molecular weight is 382 g/mol. The number of benzene rings is 2. The number of nitrogens with one attached hydrogen (secondary N) is 1. The third-order valence-corrected chi connectivity index (χ3v) is 5.17. The van der Waals surface area contributed by atoms with Crippen LogP contribution in [0.3, 0.4) is 0 Å². The highest BCUT2D eigenvalue weighted by Gasteiger charge is 2.02. The number of hydrogen-bond donors (Lipinski definition) is 1. The van der Waals surface area contributed by atoms with Crippen LogP contribution in [0.2, 0.25) is 0 Å². The highest BCUT2D eigenvalue weighted by Crippen LogP contribution is 2.20. The molecular formula is C16H16BrNOS2. The van der Waals surface area contributed by atoms with Crippen LogP contribution in [0.1, 0.15) is 0 Å². The van der Waals surface area contributed by atoms with Crippen LogP contribution in [-0.2, 0) is 4.79 Å². The summed E-state index contributed by atoms with van der Waals surface area (Å²) in [5, 5.41) is 2.94. The summed E-state index contributed by atoms with van der Waals surface area (Å²) < 4.78 is 1.05. The topological polar surface area (TPSA) is 29.1 Å². The van der Waals surface area contributed by atoms with Crippen molar-refractivity contribution in [1.82, 2.24) is 5.32 Å². The van der Waals surface area contributed by atoms with Crippen molar-refractivity contribution in [2.75, 3.05) is 18.1 Å². The molecule has 0 radical (unpaired) electrons. The largest absolute Gasteiger partial charge is 0.355 e. The lowest BCUT2D eigenvalue weighted by atomic mass is 10.4. The van der Waals surface area contributed by atoms with E-state index in [0.29, 0.717) is 12.3 Å². The van der Waals surface area contributed by atoms with Gasteiger partial charge in [-0.1, -0.05) is 34.1 Å². The van der Waals surface area contributed by atoms with Gasteiger partial charge in [-0.05, 0) is 36.4 Å². The Bertz CT molecular complexity index is 560. The molecule has 2 aromatic rings. The molecule has 0 saturated heterocycles. The number of hydrogen-bond acceptors (Lipinski definition) is 3. The van der Waals surface area contributed by atoms with Crippen LogP contribution >= 0.6 is 39.5 Å². The van der Waals surface area contributed by atoms with E-state index in [-0.39, 0.29) is 5.91 Å². The Balaban J connectivity index is 1.60. The third kappa shape index (κ3) is 6.59. The molecule has 0 atom stereocenters. The molecule has 0 aliphatic heterocycles. The fraction of sp³-hybridized carbons (Fsp3) is 0.188. The van der Waals surface area contributed by atoms with Crippen molar-refractivity contribution in [2.45, 2.75) is 9.79 Å². The molecule has 2 rings (SSSR count). The average Bonchev–Trinajstić information content (AvgIpc) is 2.52. The molecule has 1 amide bonds. The number of carbonyl (C=O) groups excluding carboxylic acids is 1. The first-order valence-corrected chi connectivity index (χ1v) is 9.33. The normalized spacial score (nSPS) is 10.3. The van der Waals surface area contributed by atoms with Crippen molar-refractivity contribution in [2.24, 2.45) is 0 Å². The van der Waals surface area contributed by atoms with E-state index in [0.717, 1.165) is 15.1 Å². The van der Waals surface area contributed by atoms with Crippen molar-refractivity contribution in [3.63, 3.8) is 0 Å². The molecule has 0 aliphatic rings. The van der Waals surface area contributed by atoms with Crippen LogP contribution in [0, 0.1) is 0 Å². The number of carbonyl (C=O) groups is 1. The van der Waals surface area contributed by atoms with Crippen LogP contribution in [0.15, 0.2) is 68.9 Å². The zero-order valence-corrected chi connectivity index (χ0v) is 14.6. The van der Waals surface area contributed by atoms with Gasteiger partial charge in [0.05, 0.1) is 5.75 Å². The van der Waals surface area contributed by atoms with Crippen molar-refractivity contribution < 1.29 is 4.79 Å². The summed E-state index contributed by atoms with van der Waals surface area (Å²) in [6.07, 6.45) is 0. The van der Waals surface area contributed by atoms with Gasteiger partial charge in [-0.15, -0.1) is 23.5 Å². The monoisotopic (exact) mass is 381 g/mol. The molecular weight excluding hydrogens is 366 g/mol. The molecule has 5 heteroatoms. The molecule has 0 unspecified atom stereocenters. The fourth-order valence-corrected chi connectivity index (χ4v) is 3.39. The second-order valence-electron chi connectivity index (χ2n) is 4.25. The van der Waals surface area contributed by atoms with Crippen LogP contribution in [-0.4, -0.2) is 24.0 Å². The second kappa shape index (κ2) is 9.18. The van der Waals surface area contributed by atoms with Gasteiger partial charge in [0.15, 0.2) is 0 Å². The maximum Gasteiger partial charge on any atom is 0.230 e. The summed E-state index contributed by atoms with van der Waals surface area (Å²) in [6.45, 7) is 0.694. The Morgan fingerprint density at radius 3 is 2.33 bits per heavy atom. The fourth-order valence-electron chi connectivity index (χ4n) is 1.61. The first kappa shape index (κ1) is 16.5. The predicted molar refractivity (Wildman–Crippen MR) is 95.0 cm³/mol. The smallest absolute Gasteiger partial charge is 0.230 e. The maximum atomic E-state index is 11.7.